The van der Waals surface area contributed by atoms with Gasteiger partial charge in [0.2, 0.25) is 0 Å². The lowest BCUT2D eigenvalue weighted by Crippen LogP contribution is -1.75. The largest absolute Gasteiger partial charge is 0.304 e. The molecule has 0 heterocycles. The first-order chi connectivity index (χ1) is 7.38. The lowest BCUT2D eigenvalue weighted by molar-refractivity contribution is 0.394. The molecule has 0 spiro atoms. The summed E-state index contributed by atoms with van der Waals surface area (Å²) < 4.78 is 9.78. The third-order valence-corrected chi connectivity index (χ3v) is 1.82. The van der Waals surface area contributed by atoms with E-state index in [0.29, 0.717) is 0 Å². The molecule has 0 fully saturated rings. The highest BCUT2D eigenvalue weighted by atomic mass is 33.1. The van der Waals surface area contributed by atoms with Crippen LogP contribution in [0.1, 0.15) is 41.5 Å². The van der Waals surface area contributed by atoms with Crippen molar-refractivity contribution in [3.8, 4) is 0 Å². The van der Waals surface area contributed by atoms with E-state index in [1.165, 1.54) is 33.3 Å². The van der Waals surface area contributed by atoms with Gasteiger partial charge in [0.25, 0.3) is 0 Å². The van der Waals surface area contributed by atoms with E-state index >= 15 is 0 Å². The zero-order valence-corrected chi connectivity index (χ0v) is 13.1. The van der Waals surface area contributed by atoms with Crippen LogP contribution in [-0.4, -0.2) is 13.2 Å². The van der Waals surface area contributed by atoms with Crippen LogP contribution >= 0.6 is 22.1 Å². The van der Waals surface area contributed by atoms with E-state index in [-0.39, 0.29) is 0 Å². The average molecular weight is 266 g/mol. The van der Waals surface area contributed by atoms with Gasteiger partial charge in [-0.2, -0.15) is 0 Å². The minimum Gasteiger partial charge on any atom is -0.304 e. The molecule has 0 atom stereocenters. The van der Waals surface area contributed by atoms with Crippen molar-refractivity contribution in [3.63, 3.8) is 0 Å². The fourth-order valence-electron chi connectivity index (χ4n) is 0.136. The molecule has 4 heteroatoms. The van der Waals surface area contributed by atoms with Gasteiger partial charge >= 0.3 is 0 Å². The maximum atomic E-state index is 4.89. The Labute approximate surface area is 110 Å². The van der Waals surface area contributed by atoms with Gasteiger partial charge in [0, 0.05) is 0 Å². The van der Waals surface area contributed by atoms with E-state index in [2.05, 4.69) is 13.2 Å². The molecule has 0 radical (unpaired) electrons. The highest BCUT2D eigenvalue weighted by molar-refractivity contribution is 8.73. The molecule has 0 saturated heterocycles. The minimum absolute atomic E-state index is 0.727. The fourth-order valence-corrected chi connectivity index (χ4v) is 1.22. The summed E-state index contributed by atoms with van der Waals surface area (Å²) in [6.07, 6.45) is 0. The zero-order valence-electron chi connectivity index (χ0n) is 11.5. The zero-order chi connectivity index (χ0) is 13.4. The van der Waals surface area contributed by atoms with E-state index in [1.54, 1.807) is 0 Å². The van der Waals surface area contributed by atoms with Crippen LogP contribution in [0.5, 0.6) is 0 Å². The molecular formula is C12H26O2S2. The number of hydrogen-bond acceptors (Lipinski definition) is 4. The molecule has 0 aliphatic heterocycles. The van der Waals surface area contributed by atoms with Gasteiger partial charge in [-0.3, -0.25) is 0 Å². The van der Waals surface area contributed by atoms with Gasteiger partial charge in [-0.1, -0.05) is 11.1 Å². The summed E-state index contributed by atoms with van der Waals surface area (Å²) in [5, 5.41) is 0. The van der Waals surface area contributed by atoms with Crippen LogP contribution in [0.25, 0.3) is 0 Å². The average Bonchev–Trinajstić information content (AvgIpc) is 2.11. The maximum Gasteiger partial charge on any atom is 0.0925 e. The summed E-state index contributed by atoms with van der Waals surface area (Å²) in [6.45, 7) is 20.3. The Kier molecular flexibility index (Phi) is 27.4. The van der Waals surface area contributed by atoms with Crippen LogP contribution in [0.3, 0.4) is 0 Å². The number of hydrogen-bond donors (Lipinski definition) is 0. The Bertz CT molecular complexity index is 133. The highest BCUT2D eigenvalue weighted by Gasteiger charge is 1.84. The SMILES string of the molecule is C=C(C)C.C=C(C)C.CCOSSOCC. The Balaban J connectivity index is -0.000000179. The topological polar surface area (TPSA) is 18.5 Å². The van der Waals surface area contributed by atoms with Crippen LogP contribution in [0.4, 0.5) is 0 Å². The normalized spacial score (nSPS) is 8.12. The molecule has 0 N–H and O–H groups in total. The first-order valence-corrected chi connectivity index (χ1v) is 7.20. The van der Waals surface area contributed by atoms with Crippen LogP contribution in [0, 0.1) is 0 Å². The molecule has 98 valence electrons. The standard InChI is InChI=1S/C4H10O2S2.2C4H8/c1-3-5-7-8-6-4-2;2*1-4(2)3/h3-4H2,1-2H3;2*1H2,2-3H3. The first-order valence-electron chi connectivity index (χ1n) is 5.20. The summed E-state index contributed by atoms with van der Waals surface area (Å²) in [5.74, 6) is 0. The first kappa shape index (κ1) is 21.4. The van der Waals surface area contributed by atoms with Crippen LogP contribution < -0.4 is 0 Å². The smallest absolute Gasteiger partial charge is 0.0925 e. The van der Waals surface area contributed by atoms with Gasteiger partial charge in [-0.25, -0.2) is 0 Å². The Hall–Kier alpha value is 0.1000. The second kappa shape index (κ2) is 20.5. The molecule has 0 unspecified atom stereocenters. The van der Waals surface area contributed by atoms with E-state index in [0.717, 1.165) is 13.2 Å². The Morgan fingerprint density at radius 2 is 1.00 bits per heavy atom. The predicted molar refractivity (Wildman–Crippen MR) is 79.4 cm³/mol. The fraction of sp³-hybridized carbons (Fsp3) is 0.667. The lowest BCUT2D eigenvalue weighted by Gasteiger charge is -1.94. The summed E-state index contributed by atoms with van der Waals surface area (Å²) in [6, 6.07) is 0. The Morgan fingerprint density at radius 1 is 0.812 bits per heavy atom. The second-order valence-electron chi connectivity index (χ2n) is 3.36. The molecule has 0 aromatic rings. The molecule has 0 aliphatic rings. The van der Waals surface area contributed by atoms with Gasteiger partial charge in [0.1, 0.15) is 0 Å². The molecular weight excluding hydrogens is 240 g/mol. The monoisotopic (exact) mass is 266 g/mol. The summed E-state index contributed by atoms with van der Waals surface area (Å²) in [4.78, 5) is 0. The quantitative estimate of drug-likeness (QED) is 0.285. The van der Waals surface area contributed by atoms with E-state index in [9.17, 15) is 0 Å². The highest BCUT2D eigenvalue weighted by Crippen LogP contribution is 2.22. The summed E-state index contributed by atoms with van der Waals surface area (Å²) in [7, 11) is 0. The van der Waals surface area contributed by atoms with Crippen molar-refractivity contribution in [1.29, 1.82) is 0 Å². The third-order valence-electron chi connectivity index (χ3n) is 0.360. The van der Waals surface area contributed by atoms with Crippen molar-refractivity contribution in [2.45, 2.75) is 41.5 Å². The van der Waals surface area contributed by atoms with Gasteiger partial charge in [0.05, 0.1) is 35.4 Å². The summed E-state index contributed by atoms with van der Waals surface area (Å²) in [5.41, 5.74) is 2.33. The van der Waals surface area contributed by atoms with Crippen molar-refractivity contribution >= 4 is 22.1 Å². The molecule has 0 rings (SSSR count). The lowest BCUT2D eigenvalue weighted by atomic mass is 10.4. The molecule has 0 bridgehead atoms. The number of rotatable bonds is 5. The molecule has 0 saturated carbocycles. The van der Waals surface area contributed by atoms with E-state index < -0.39 is 0 Å². The molecule has 0 aliphatic carbocycles. The van der Waals surface area contributed by atoms with Crippen molar-refractivity contribution < 1.29 is 8.37 Å². The molecule has 0 amide bonds. The molecule has 16 heavy (non-hydrogen) atoms. The summed E-state index contributed by atoms with van der Waals surface area (Å²) >= 11 is 2.54. The van der Waals surface area contributed by atoms with E-state index in [1.807, 2.05) is 41.5 Å². The van der Waals surface area contributed by atoms with Gasteiger partial charge < -0.3 is 8.37 Å². The van der Waals surface area contributed by atoms with Gasteiger partial charge in [0.15, 0.2) is 0 Å². The minimum atomic E-state index is 0.727. The van der Waals surface area contributed by atoms with Crippen molar-refractivity contribution in [2.24, 2.45) is 0 Å². The van der Waals surface area contributed by atoms with Gasteiger partial charge in [-0.05, 0) is 41.5 Å². The third kappa shape index (κ3) is 93.0. The molecule has 0 aromatic heterocycles. The van der Waals surface area contributed by atoms with Crippen LogP contribution in [0.2, 0.25) is 0 Å². The van der Waals surface area contributed by atoms with Crippen LogP contribution in [-0.2, 0) is 8.37 Å². The molecule has 2 nitrogen and oxygen atoms in total. The van der Waals surface area contributed by atoms with E-state index in [4.69, 9.17) is 8.37 Å². The van der Waals surface area contributed by atoms with Crippen LogP contribution in [0.15, 0.2) is 24.3 Å². The number of allylic oxidation sites excluding steroid dienone is 2. The van der Waals surface area contributed by atoms with Crippen molar-refractivity contribution in [2.75, 3.05) is 13.2 Å². The van der Waals surface area contributed by atoms with Crippen molar-refractivity contribution in [1.82, 2.24) is 0 Å². The van der Waals surface area contributed by atoms with Gasteiger partial charge in [-0.15, -0.1) is 13.2 Å². The predicted octanol–water partition coefficient (Wildman–Crippen LogP) is 5.44. The second-order valence-corrected chi connectivity index (χ2v) is 4.92. The maximum absolute atomic E-state index is 4.89. The van der Waals surface area contributed by atoms with Crippen molar-refractivity contribution in [3.05, 3.63) is 24.3 Å². The molecule has 0 aromatic carbocycles. The Morgan fingerprint density at radius 3 is 1.12 bits per heavy atom.